The molecule has 0 saturated heterocycles. The van der Waals surface area contributed by atoms with E-state index in [1.165, 1.54) is 0 Å². The van der Waals surface area contributed by atoms with Crippen molar-refractivity contribution in [2.75, 3.05) is 6.61 Å². The Hall–Kier alpha value is -3.60. The summed E-state index contributed by atoms with van der Waals surface area (Å²) in [6.45, 7) is 10.2. The fraction of sp³-hybridized carbons (Fsp3) is 0.355. The Morgan fingerprint density at radius 1 is 0.917 bits per heavy atom. The maximum Gasteiger partial charge on any atom is 0.261 e. The van der Waals surface area contributed by atoms with E-state index in [0.717, 1.165) is 34.2 Å². The number of ether oxygens (including phenoxy) is 1. The molecule has 3 aromatic rings. The second-order valence-electron chi connectivity index (χ2n) is 9.58. The normalized spacial score (nSPS) is 12.5. The lowest BCUT2D eigenvalue weighted by Crippen LogP contribution is -2.53. The number of aryl methyl sites for hydroxylation is 3. The molecular formula is C31H38N2O3. The molecule has 1 N–H and O–H groups in total. The van der Waals surface area contributed by atoms with Gasteiger partial charge in [0.1, 0.15) is 11.8 Å². The summed E-state index contributed by atoms with van der Waals surface area (Å²) in [5, 5.41) is 3.10. The fourth-order valence-corrected chi connectivity index (χ4v) is 4.21. The van der Waals surface area contributed by atoms with Crippen LogP contribution >= 0.6 is 0 Å². The number of nitrogens with one attached hydrogen (secondary N) is 1. The highest BCUT2D eigenvalue weighted by molar-refractivity contribution is 5.88. The molecule has 0 bridgehead atoms. The van der Waals surface area contributed by atoms with Crippen LogP contribution in [0.2, 0.25) is 0 Å². The van der Waals surface area contributed by atoms with E-state index in [2.05, 4.69) is 11.4 Å². The number of rotatable bonds is 11. The minimum absolute atomic E-state index is 0.0118. The van der Waals surface area contributed by atoms with Crippen molar-refractivity contribution < 1.29 is 14.3 Å². The van der Waals surface area contributed by atoms with Crippen LogP contribution in [0.1, 0.15) is 48.1 Å². The molecule has 0 unspecified atom stereocenters. The van der Waals surface area contributed by atoms with Crippen LogP contribution in [0, 0.1) is 20.8 Å². The van der Waals surface area contributed by atoms with Crippen molar-refractivity contribution in [1.29, 1.82) is 0 Å². The molecule has 0 aliphatic rings. The standard InChI is InChI=1S/C31H38N2O3/c1-6-25(5)32-31(35)29(19-26-13-8-7-9-14-26)33(20-27-15-11-10-12-24(27)4)30(34)21-36-28-17-22(2)16-23(3)18-28/h7-18,25,29H,6,19-21H2,1-5H3,(H,32,35)/t25-,29-/m1/s1. The van der Waals surface area contributed by atoms with Crippen molar-refractivity contribution in [2.24, 2.45) is 0 Å². The van der Waals surface area contributed by atoms with E-state index in [9.17, 15) is 9.59 Å². The van der Waals surface area contributed by atoms with Gasteiger partial charge in [-0.2, -0.15) is 0 Å². The van der Waals surface area contributed by atoms with Crippen LogP contribution in [-0.2, 0) is 22.6 Å². The molecule has 190 valence electrons. The molecule has 3 aromatic carbocycles. The highest BCUT2D eigenvalue weighted by Crippen LogP contribution is 2.19. The summed E-state index contributed by atoms with van der Waals surface area (Å²) < 4.78 is 5.94. The molecule has 0 heterocycles. The average Bonchev–Trinajstić information content (AvgIpc) is 2.85. The molecule has 0 spiro atoms. The van der Waals surface area contributed by atoms with Crippen molar-refractivity contribution >= 4 is 11.8 Å². The van der Waals surface area contributed by atoms with Gasteiger partial charge >= 0.3 is 0 Å². The van der Waals surface area contributed by atoms with E-state index in [0.29, 0.717) is 18.7 Å². The predicted molar refractivity (Wildman–Crippen MR) is 145 cm³/mol. The molecule has 2 amide bonds. The smallest absolute Gasteiger partial charge is 0.261 e. The van der Waals surface area contributed by atoms with Crippen LogP contribution in [0.5, 0.6) is 5.75 Å². The van der Waals surface area contributed by atoms with Gasteiger partial charge in [0.15, 0.2) is 6.61 Å². The Morgan fingerprint density at radius 3 is 2.19 bits per heavy atom. The summed E-state index contributed by atoms with van der Waals surface area (Å²) in [5.41, 5.74) is 5.23. The lowest BCUT2D eigenvalue weighted by molar-refractivity contribution is -0.143. The van der Waals surface area contributed by atoms with Crippen LogP contribution in [0.4, 0.5) is 0 Å². The molecule has 5 nitrogen and oxygen atoms in total. The van der Waals surface area contributed by atoms with Crippen LogP contribution < -0.4 is 10.1 Å². The van der Waals surface area contributed by atoms with Crippen molar-refractivity contribution in [2.45, 2.75) is 66.1 Å². The van der Waals surface area contributed by atoms with Gasteiger partial charge in [-0.3, -0.25) is 9.59 Å². The highest BCUT2D eigenvalue weighted by Gasteiger charge is 2.31. The summed E-state index contributed by atoms with van der Waals surface area (Å²) in [7, 11) is 0. The Bertz CT molecular complexity index is 1140. The van der Waals surface area contributed by atoms with Gasteiger partial charge in [0.05, 0.1) is 0 Å². The highest BCUT2D eigenvalue weighted by atomic mass is 16.5. The predicted octanol–water partition coefficient (Wildman–Crippen LogP) is 5.55. The minimum atomic E-state index is -0.670. The van der Waals surface area contributed by atoms with Gasteiger partial charge in [-0.15, -0.1) is 0 Å². The maximum atomic E-state index is 13.7. The molecule has 36 heavy (non-hydrogen) atoms. The van der Waals surface area contributed by atoms with Crippen molar-refractivity contribution in [3.8, 4) is 5.75 Å². The monoisotopic (exact) mass is 486 g/mol. The second-order valence-corrected chi connectivity index (χ2v) is 9.58. The lowest BCUT2D eigenvalue weighted by atomic mass is 10.0. The van der Waals surface area contributed by atoms with Crippen molar-refractivity contribution in [1.82, 2.24) is 10.2 Å². The zero-order valence-electron chi connectivity index (χ0n) is 22.1. The van der Waals surface area contributed by atoms with Gasteiger partial charge in [-0.25, -0.2) is 0 Å². The van der Waals surface area contributed by atoms with E-state index in [1.54, 1.807) is 4.90 Å². The van der Waals surface area contributed by atoms with Gasteiger partial charge in [-0.1, -0.05) is 67.6 Å². The molecular weight excluding hydrogens is 448 g/mol. The SMILES string of the molecule is CC[C@@H](C)NC(=O)[C@@H](Cc1ccccc1)N(Cc1ccccc1C)C(=O)COc1cc(C)cc(C)c1. The molecule has 0 aliphatic carbocycles. The molecule has 0 fully saturated rings. The largest absolute Gasteiger partial charge is 0.484 e. The summed E-state index contributed by atoms with van der Waals surface area (Å²) in [6.07, 6.45) is 1.23. The number of hydrogen-bond acceptors (Lipinski definition) is 3. The number of carbonyl (C=O) groups is 2. The van der Waals surface area contributed by atoms with Crippen LogP contribution in [0.15, 0.2) is 72.8 Å². The molecule has 0 saturated carbocycles. The topological polar surface area (TPSA) is 58.6 Å². The van der Waals surface area contributed by atoms with Crippen LogP contribution in [0.3, 0.4) is 0 Å². The zero-order valence-corrected chi connectivity index (χ0v) is 22.1. The summed E-state index contributed by atoms with van der Waals surface area (Å²) in [6, 6.07) is 23.1. The van der Waals surface area contributed by atoms with E-state index < -0.39 is 6.04 Å². The van der Waals surface area contributed by atoms with E-state index >= 15 is 0 Å². The first-order valence-corrected chi connectivity index (χ1v) is 12.7. The molecule has 0 aliphatic heterocycles. The van der Waals surface area contributed by atoms with Gasteiger partial charge in [-0.05, 0) is 74.1 Å². The lowest BCUT2D eigenvalue weighted by Gasteiger charge is -2.32. The van der Waals surface area contributed by atoms with Gasteiger partial charge in [0.2, 0.25) is 5.91 Å². The number of benzene rings is 3. The van der Waals surface area contributed by atoms with E-state index in [4.69, 9.17) is 4.74 Å². The minimum Gasteiger partial charge on any atom is -0.484 e. The quantitative estimate of drug-likeness (QED) is 0.387. The number of hydrogen-bond donors (Lipinski definition) is 1. The van der Waals surface area contributed by atoms with Gasteiger partial charge < -0.3 is 15.0 Å². The first-order chi connectivity index (χ1) is 17.3. The Balaban J connectivity index is 1.93. The molecule has 5 heteroatoms. The van der Waals surface area contributed by atoms with Crippen molar-refractivity contribution in [3.63, 3.8) is 0 Å². The van der Waals surface area contributed by atoms with Crippen LogP contribution in [0.25, 0.3) is 0 Å². The molecule has 0 aromatic heterocycles. The Morgan fingerprint density at radius 2 is 1.56 bits per heavy atom. The van der Waals surface area contributed by atoms with Crippen LogP contribution in [-0.4, -0.2) is 35.4 Å². The van der Waals surface area contributed by atoms with Crippen molar-refractivity contribution in [3.05, 3.63) is 101 Å². The molecule has 2 atom stereocenters. The summed E-state index contributed by atoms with van der Waals surface area (Å²) >= 11 is 0. The Labute approximate surface area is 215 Å². The second kappa shape index (κ2) is 12.9. The fourth-order valence-electron chi connectivity index (χ4n) is 4.21. The average molecular weight is 487 g/mol. The number of carbonyl (C=O) groups excluding carboxylic acids is 2. The first kappa shape index (κ1) is 27.0. The summed E-state index contributed by atoms with van der Waals surface area (Å²) in [4.78, 5) is 28.9. The van der Waals surface area contributed by atoms with Gasteiger partial charge in [0.25, 0.3) is 5.91 Å². The summed E-state index contributed by atoms with van der Waals surface area (Å²) in [5.74, 6) is 0.277. The third-order valence-electron chi connectivity index (χ3n) is 6.43. The maximum absolute atomic E-state index is 13.7. The van der Waals surface area contributed by atoms with E-state index in [1.807, 2.05) is 101 Å². The third-order valence-corrected chi connectivity index (χ3v) is 6.43. The third kappa shape index (κ3) is 7.70. The first-order valence-electron chi connectivity index (χ1n) is 12.7. The zero-order chi connectivity index (χ0) is 26.1. The molecule has 0 radical (unpaired) electrons. The van der Waals surface area contributed by atoms with E-state index in [-0.39, 0.29) is 24.5 Å². The van der Waals surface area contributed by atoms with Gasteiger partial charge in [0, 0.05) is 19.0 Å². The number of amides is 2. The Kier molecular flexibility index (Phi) is 9.69. The number of nitrogens with zero attached hydrogens (tertiary/aromatic N) is 1. The molecule has 3 rings (SSSR count).